The molecule has 0 unspecified atom stereocenters. The summed E-state index contributed by atoms with van der Waals surface area (Å²) in [5, 5.41) is 8.51. The topological polar surface area (TPSA) is 69.0 Å². The molecule has 7 heteroatoms. The van der Waals surface area contributed by atoms with Gasteiger partial charge in [-0.05, 0) is 37.4 Å². The molecule has 0 saturated carbocycles. The maximum Gasteiger partial charge on any atom is 0.270 e. The zero-order valence-electron chi connectivity index (χ0n) is 10.9. The van der Waals surface area contributed by atoms with Gasteiger partial charge in [-0.1, -0.05) is 11.8 Å². The predicted molar refractivity (Wildman–Crippen MR) is 73.2 cm³/mol. The van der Waals surface area contributed by atoms with Crippen molar-refractivity contribution in [3.8, 4) is 5.75 Å². The van der Waals surface area contributed by atoms with E-state index in [-0.39, 0.29) is 5.91 Å². The molecule has 19 heavy (non-hydrogen) atoms. The number of ether oxygens (including phenoxy) is 1. The molecule has 0 atom stereocenters. The normalized spacial score (nSPS) is 10.3. The molecule has 1 heterocycles. The van der Waals surface area contributed by atoms with Crippen LogP contribution in [-0.2, 0) is 0 Å². The Balaban J connectivity index is 2.18. The quantitative estimate of drug-likeness (QED) is 0.862. The second-order valence-electron chi connectivity index (χ2n) is 3.74. The van der Waals surface area contributed by atoms with Gasteiger partial charge in [0, 0.05) is 5.56 Å². The van der Waals surface area contributed by atoms with Gasteiger partial charge in [0.05, 0.1) is 7.11 Å². The molecule has 1 amide bonds. The molecule has 2 aromatic rings. The van der Waals surface area contributed by atoms with Crippen molar-refractivity contribution in [2.45, 2.75) is 12.1 Å². The van der Waals surface area contributed by atoms with E-state index < -0.39 is 0 Å². The minimum absolute atomic E-state index is 0.221. The van der Waals surface area contributed by atoms with Gasteiger partial charge in [0.15, 0.2) is 0 Å². The summed E-state index contributed by atoms with van der Waals surface area (Å²) >= 11 is 1.41. The fraction of sp³-hybridized carbons (Fsp3) is 0.250. The fourth-order valence-corrected chi connectivity index (χ4v) is 2.00. The number of benzene rings is 1. The number of aromatic nitrogens is 3. The maximum absolute atomic E-state index is 12.1. The molecule has 0 aliphatic heterocycles. The van der Waals surface area contributed by atoms with Gasteiger partial charge >= 0.3 is 0 Å². The highest BCUT2D eigenvalue weighted by Gasteiger charge is 2.12. The number of nitrogens with zero attached hydrogens (tertiary/aromatic N) is 3. The van der Waals surface area contributed by atoms with Crippen LogP contribution in [0.1, 0.15) is 16.2 Å². The Morgan fingerprint density at radius 3 is 2.58 bits per heavy atom. The molecule has 0 spiro atoms. The Hall–Kier alpha value is -2.02. The third-order valence-electron chi connectivity index (χ3n) is 2.54. The highest BCUT2D eigenvalue weighted by molar-refractivity contribution is 7.98. The van der Waals surface area contributed by atoms with Gasteiger partial charge < -0.3 is 4.74 Å². The molecule has 0 radical (unpaired) electrons. The number of carbonyl (C=O) groups is 1. The summed E-state index contributed by atoms with van der Waals surface area (Å²) in [5.74, 6) is 1.12. The molecule has 2 rings (SSSR count). The monoisotopic (exact) mass is 278 g/mol. The SMILES string of the molecule is COc1ccc(C(=O)Nn2c(C)nnc2SC)cc1. The first-order valence-electron chi connectivity index (χ1n) is 5.57. The Kier molecular flexibility index (Phi) is 4.06. The van der Waals surface area contributed by atoms with E-state index in [1.807, 2.05) is 6.26 Å². The summed E-state index contributed by atoms with van der Waals surface area (Å²) in [7, 11) is 1.58. The van der Waals surface area contributed by atoms with Crippen molar-refractivity contribution in [2.24, 2.45) is 0 Å². The number of amides is 1. The van der Waals surface area contributed by atoms with E-state index in [0.717, 1.165) is 0 Å². The van der Waals surface area contributed by atoms with Gasteiger partial charge in [-0.3, -0.25) is 10.2 Å². The average Bonchev–Trinajstić information content (AvgIpc) is 2.79. The first-order chi connectivity index (χ1) is 9.15. The molecule has 1 aromatic carbocycles. The number of hydrogen-bond acceptors (Lipinski definition) is 5. The van der Waals surface area contributed by atoms with Crippen LogP contribution in [0.4, 0.5) is 0 Å². The van der Waals surface area contributed by atoms with Crippen LogP contribution in [-0.4, -0.2) is 34.1 Å². The summed E-state index contributed by atoms with van der Waals surface area (Å²) in [6.07, 6.45) is 1.87. The van der Waals surface area contributed by atoms with E-state index >= 15 is 0 Å². The van der Waals surface area contributed by atoms with Crippen LogP contribution < -0.4 is 10.2 Å². The number of carbonyl (C=O) groups excluding carboxylic acids is 1. The number of aryl methyl sites for hydroxylation is 1. The molecule has 0 aliphatic rings. The second-order valence-corrected chi connectivity index (χ2v) is 4.51. The van der Waals surface area contributed by atoms with E-state index in [0.29, 0.717) is 22.3 Å². The van der Waals surface area contributed by atoms with Crippen LogP contribution in [0.2, 0.25) is 0 Å². The van der Waals surface area contributed by atoms with E-state index in [1.165, 1.54) is 11.8 Å². The lowest BCUT2D eigenvalue weighted by molar-refractivity contribution is 0.100. The van der Waals surface area contributed by atoms with Crippen molar-refractivity contribution in [1.82, 2.24) is 14.9 Å². The molecule has 0 saturated heterocycles. The second kappa shape index (κ2) is 5.75. The van der Waals surface area contributed by atoms with Gasteiger partial charge in [0.25, 0.3) is 5.91 Å². The van der Waals surface area contributed by atoms with E-state index in [9.17, 15) is 4.79 Å². The lowest BCUT2D eigenvalue weighted by atomic mass is 10.2. The van der Waals surface area contributed by atoms with Crippen molar-refractivity contribution >= 4 is 17.7 Å². The van der Waals surface area contributed by atoms with Crippen LogP contribution in [0.5, 0.6) is 5.75 Å². The van der Waals surface area contributed by atoms with Gasteiger partial charge in [-0.25, -0.2) is 4.68 Å². The van der Waals surface area contributed by atoms with Gasteiger partial charge in [0.1, 0.15) is 11.6 Å². The Bertz CT molecular complexity index is 580. The predicted octanol–water partition coefficient (Wildman–Crippen LogP) is 1.70. The van der Waals surface area contributed by atoms with Crippen LogP contribution in [0.15, 0.2) is 29.4 Å². The largest absolute Gasteiger partial charge is 0.497 e. The molecule has 100 valence electrons. The minimum Gasteiger partial charge on any atom is -0.497 e. The molecule has 0 bridgehead atoms. The third kappa shape index (κ3) is 2.87. The van der Waals surface area contributed by atoms with E-state index in [1.54, 1.807) is 43.0 Å². The van der Waals surface area contributed by atoms with Crippen molar-refractivity contribution in [3.05, 3.63) is 35.7 Å². The highest BCUT2D eigenvalue weighted by Crippen LogP contribution is 2.14. The summed E-state index contributed by atoms with van der Waals surface area (Å²) in [6.45, 7) is 1.78. The molecular formula is C12H14N4O2S. The van der Waals surface area contributed by atoms with Crippen molar-refractivity contribution < 1.29 is 9.53 Å². The lowest BCUT2D eigenvalue weighted by Gasteiger charge is -2.09. The van der Waals surface area contributed by atoms with Crippen LogP contribution >= 0.6 is 11.8 Å². The van der Waals surface area contributed by atoms with E-state index in [4.69, 9.17) is 4.74 Å². The third-order valence-corrected chi connectivity index (χ3v) is 3.17. The average molecular weight is 278 g/mol. The molecular weight excluding hydrogens is 264 g/mol. The molecule has 6 nitrogen and oxygen atoms in total. The molecule has 0 fully saturated rings. The van der Waals surface area contributed by atoms with Crippen LogP contribution in [0.3, 0.4) is 0 Å². The highest BCUT2D eigenvalue weighted by atomic mass is 32.2. The number of rotatable bonds is 4. The zero-order valence-corrected chi connectivity index (χ0v) is 11.7. The first kappa shape index (κ1) is 13.4. The summed E-state index contributed by atoms with van der Waals surface area (Å²) in [6, 6.07) is 6.88. The van der Waals surface area contributed by atoms with Gasteiger partial charge in [-0.15, -0.1) is 10.2 Å². The molecule has 1 N–H and O–H groups in total. The first-order valence-corrected chi connectivity index (χ1v) is 6.79. The van der Waals surface area contributed by atoms with Gasteiger partial charge in [-0.2, -0.15) is 0 Å². The maximum atomic E-state index is 12.1. The fourth-order valence-electron chi connectivity index (χ4n) is 1.51. The molecule has 1 aromatic heterocycles. The summed E-state index contributed by atoms with van der Waals surface area (Å²) in [4.78, 5) is 12.1. The summed E-state index contributed by atoms with van der Waals surface area (Å²) < 4.78 is 6.62. The van der Waals surface area contributed by atoms with E-state index in [2.05, 4.69) is 15.6 Å². The standard InChI is InChI=1S/C12H14N4O2S/c1-8-13-14-12(19-3)16(8)15-11(17)9-4-6-10(18-2)7-5-9/h4-7H,1-3H3,(H,15,17). The van der Waals surface area contributed by atoms with Gasteiger partial charge in [0.2, 0.25) is 5.16 Å². The van der Waals surface area contributed by atoms with Crippen molar-refractivity contribution in [1.29, 1.82) is 0 Å². The lowest BCUT2D eigenvalue weighted by Crippen LogP contribution is -2.24. The number of methoxy groups -OCH3 is 1. The molecule has 0 aliphatic carbocycles. The van der Waals surface area contributed by atoms with Crippen molar-refractivity contribution in [2.75, 3.05) is 18.8 Å². The van der Waals surface area contributed by atoms with Crippen molar-refractivity contribution in [3.63, 3.8) is 0 Å². The smallest absolute Gasteiger partial charge is 0.270 e. The zero-order chi connectivity index (χ0) is 13.8. The number of nitrogens with one attached hydrogen (secondary N) is 1. The summed E-state index contributed by atoms with van der Waals surface area (Å²) in [5.41, 5.74) is 3.30. The van der Waals surface area contributed by atoms with Crippen LogP contribution in [0, 0.1) is 6.92 Å². The Morgan fingerprint density at radius 2 is 2.00 bits per heavy atom. The number of thioether (sulfide) groups is 1. The minimum atomic E-state index is -0.221. The van der Waals surface area contributed by atoms with Crippen LogP contribution in [0.25, 0.3) is 0 Å². The Labute approximate surface area is 115 Å². The number of hydrogen-bond donors (Lipinski definition) is 1. The Morgan fingerprint density at radius 1 is 1.32 bits per heavy atom.